The number of ether oxygens (including phenoxy) is 1. The molecule has 1 N–H and O–H groups in total. The van der Waals surface area contributed by atoms with Crippen molar-refractivity contribution in [3.05, 3.63) is 39.9 Å². The molecule has 1 rings (SSSR count). The summed E-state index contributed by atoms with van der Waals surface area (Å²) in [4.78, 5) is 21.4. The Morgan fingerprint density at radius 2 is 2.05 bits per heavy atom. The first-order valence-electron chi connectivity index (χ1n) is 6.21. The molecule has 0 radical (unpaired) electrons. The second kappa shape index (κ2) is 8.25. The average molecular weight is 306 g/mol. The molecule has 0 aliphatic carbocycles. The summed E-state index contributed by atoms with van der Waals surface area (Å²) in [7, 11) is 0. The fourth-order valence-corrected chi connectivity index (χ4v) is 1.37. The monoisotopic (exact) mass is 306 g/mol. The summed E-state index contributed by atoms with van der Waals surface area (Å²) in [6, 6.07) is 5.66. The van der Waals surface area contributed by atoms with Crippen LogP contribution >= 0.6 is 0 Å². The maximum Gasteiger partial charge on any atom is 0.362 e. The lowest BCUT2D eigenvalue weighted by atomic mass is 10.2. The number of hydrogen-bond donors (Lipinski definition) is 1. The van der Waals surface area contributed by atoms with Gasteiger partial charge in [0.15, 0.2) is 0 Å². The van der Waals surface area contributed by atoms with E-state index in [-0.39, 0.29) is 23.7 Å². The molecule has 0 aromatic heterocycles. The summed E-state index contributed by atoms with van der Waals surface area (Å²) in [5.74, 6) is -0.809. The second-order valence-electron chi connectivity index (χ2n) is 3.95. The zero-order valence-corrected chi connectivity index (χ0v) is 12.0. The minimum atomic E-state index is -0.809. The summed E-state index contributed by atoms with van der Waals surface area (Å²) in [6.07, 6.45) is 1.34. The Morgan fingerprint density at radius 1 is 1.41 bits per heavy atom. The van der Waals surface area contributed by atoms with Gasteiger partial charge in [-0.15, -0.1) is 0 Å². The molecule has 0 heterocycles. The van der Waals surface area contributed by atoms with E-state index in [9.17, 15) is 14.9 Å². The van der Waals surface area contributed by atoms with Crippen molar-refractivity contribution in [1.82, 2.24) is 0 Å². The number of nitrogens with zero attached hydrogens (tertiary/aromatic N) is 4. The zero-order chi connectivity index (χ0) is 16.5. The molecule has 0 saturated carbocycles. The summed E-state index contributed by atoms with van der Waals surface area (Å²) < 4.78 is 4.69. The van der Waals surface area contributed by atoms with Gasteiger partial charge in [0.2, 0.25) is 5.71 Å². The smallest absolute Gasteiger partial charge is 0.362 e. The van der Waals surface area contributed by atoms with Gasteiger partial charge in [0, 0.05) is 12.1 Å². The highest BCUT2D eigenvalue weighted by molar-refractivity contribution is 6.65. The van der Waals surface area contributed by atoms with E-state index in [4.69, 9.17) is 5.21 Å². The highest BCUT2D eigenvalue weighted by Crippen LogP contribution is 2.10. The third-order valence-electron chi connectivity index (χ3n) is 2.43. The fourth-order valence-electron chi connectivity index (χ4n) is 1.37. The molecular formula is C13H14N4O5. The molecule has 0 aliphatic rings. The highest BCUT2D eigenvalue weighted by Gasteiger charge is 2.16. The third-order valence-corrected chi connectivity index (χ3v) is 2.43. The SMILES string of the molecule is CCOC(=O)C(=N/O)/C(C)=N/N=C/c1ccc([N+](=O)[O-])cc1. The topological polar surface area (TPSA) is 127 Å². The van der Waals surface area contributed by atoms with Gasteiger partial charge in [0.1, 0.15) is 0 Å². The van der Waals surface area contributed by atoms with Crippen molar-refractivity contribution in [2.24, 2.45) is 15.4 Å². The number of carbonyl (C=O) groups excluding carboxylic acids is 1. The molecule has 0 fully saturated rings. The number of nitro benzene ring substituents is 1. The quantitative estimate of drug-likeness (QED) is 0.282. The van der Waals surface area contributed by atoms with Crippen molar-refractivity contribution in [3.63, 3.8) is 0 Å². The van der Waals surface area contributed by atoms with Crippen LogP contribution in [0.15, 0.2) is 39.6 Å². The molecule has 1 aromatic carbocycles. The second-order valence-corrected chi connectivity index (χ2v) is 3.95. The lowest BCUT2D eigenvalue weighted by molar-refractivity contribution is -0.384. The Balaban J connectivity index is 2.81. The molecule has 0 spiro atoms. The molecule has 116 valence electrons. The molecule has 9 nitrogen and oxygen atoms in total. The number of nitro groups is 1. The first kappa shape index (κ1) is 17.0. The number of oxime groups is 1. The summed E-state index contributed by atoms with van der Waals surface area (Å²) in [5, 5.41) is 29.6. The van der Waals surface area contributed by atoms with Gasteiger partial charge >= 0.3 is 5.97 Å². The van der Waals surface area contributed by atoms with Crippen LogP contribution in [0.5, 0.6) is 0 Å². The molecule has 0 aliphatic heterocycles. The normalized spacial score (nSPS) is 12.5. The van der Waals surface area contributed by atoms with Crippen LogP contribution in [0.3, 0.4) is 0 Å². The maximum atomic E-state index is 11.4. The van der Waals surface area contributed by atoms with Crippen molar-refractivity contribution in [2.45, 2.75) is 13.8 Å². The molecule has 0 saturated heterocycles. The number of rotatable bonds is 6. The van der Waals surface area contributed by atoms with Crippen molar-refractivity contribution < 1.29 is 19.7 Å². The summed E-state index contributed by atoms with van der Waals surface area (Å²) >= 11 is 0. The predicted molar refractivity (Wildman–Crippen MR) is 79.7 cm³/mol. The van der Waals surface area contributed by atoms with E-state index in [0.717, 1.165) is 0 Å². The van der Waals surface area contributed by atoms with Crippen molar-refractivity contribution in [3.8, 4) is 0 Å². The Morgan fingerprint density at radius 3 is 2.55 bits per heavy atom. The van der Waals surface area contributed by atoms with E-state index in [0.29, 0.717) is 5.56 Å². The van der Waals surface area contributed by atoms with Crippen LogP contribution in [-0.4, -0.2) is 40.3 Å². The Kier molecular flexibility index (Phi) is 6.35. The van der Waals surface area contributed by atoms with Crippen LogP contribution in [0, 0.1) is 10.1 Å². The van der Waals surface area contributed by atoms with Gasteiger partial charge in [0.05, 0.1) is 23.5 Å². The van der Waals surface area contributed by atoms with Crippen molar-refractivity contribution in [1.29, 1.82) is 0 Å². The molecular weight excluding hydrogens is 292 g/mol. The maximum absolute atomic E-state index is 11.4. The standard InChI is InChI=1S/C13H14N4O5/c1-3-22-13(18)12(16-19)9(2)15-14-8-10-4-6-11(7-5-10)17(20)21/h4-8,19H,3H2,1-2H3/b14-8+,15-9+,16-12+. The van der Waals surface area contributed by atoms with Crippen LogP contribution in [0.4, 0.5) is 5.69 Å². The van der Waals surface area contributed by atoms with E-state index in [1.807, 2.05) is 0 Å². The minimum Gasteiger partial charge on any atom is -0.461 e. The van der Waals surface area contributed by atoms with Crippen LogP contribution in [-0.2, 0) is 9.53 Å². The number of esters is 1. The van der Waals surface area contributed by atoms with Crippen LogP contribution in [0.25, 0.3) is 0 Å². The van der Waals surface area contributed by atoms with Crippen molar-refractivity contribution >= 4 is 29.3 Å². The van der Waals surface area contributed by atoms with Gasteiger partial charge in [-0.3, -0.25) is 10.1 Å². The molecule has 9 heteroatoms. The van der Waals surface area contributed by atoms with Gasteiger partial charge < -0.3 is 9.94 Å². The van der Waals surface area contributed by atoms with Gasteiger partial charge in [-0.2, -0.15) is 10.2 Å². The van der Waals surface area contributed by atoms with E-state index in [1.54, 1.807) is 6.92 Å². The van der Waals surface area contributed by atoms with Crippen LogP contribution in [0.2, 0.25) is 0 Å². The van der Waals surface area contributed by atoms with E-state index >= 15 is 0 Å². The number of benzene rings is 1. The Labute approximate surface area is 125 Å². The lowest BCUT2D eigenvalue weighted by Crippen LogP contribution is -2.24. The van der Waals surface area contributed by atoms with Crippen molar-refractivity contribution in [2.75, 3.05) is 6.61 Å². The summed E-state index contributed by atoms with van der Waals surface area (Å²) in [6.45, 7) is 3.18. The number of non-ortho nitro benzene ring substituents is 1. The average Bonchev–Trinajstić information content (AvgIpc) is 2.48. The first-order chi connectivity index (χ1) is 10.5. The Hall–Kier alpha value is -3.10. The largest absolute Gasteiger partial charge is 0.461 e. The molecule has 0 amide bonds. The molecule has 22 heavy (non-hydrogen) atoms. The van der Waals surface area contributed by atoms with Crippen LogP contribution in [0.1, 0.15) is 19.4 Å². The Bertz CT molecular complexity index is 634. The molecule has 1 aromatic rings. The minimum absolute atomic E-state index is 0.0335. The molecule has 0 atom stereocenters. The van der Waals surface area contributed by atoms with Gasteiger partial charge in [-0.05, 0) is 31.5 Å². The van der Waals surface area contributed by atoms with E-state index in [2.05, 4.69) is 20.1 Å². The molecule has 0 unspecified atom stereocenters. The number of hydrogen-bond acceptors (Lipinski definition) is 8. The van der Waals surface area contributed by atoms with E-state index in [1.165, 1.54) is 37.4 Å². The lowest BCUT2D eigenvalue weighted by Gasteiger charge is -2.01. The first-order valence-corrected chi connectivity index (χ1v) is 6.21. The summed E-state index contributed by atoms with van der Waals surface area (Å²) in [5.41, 5.74) is 0.274. The van der Waals surface area contributed by atoms with Crippen LogP contribution < -0.4 is 0 Å². The van der Waals surface area contributed by atoms with Gasteiger partial charge in [-0.25, -0.2) is 4.79 Å². The fraction of sp³-hybridized carbons (Fsp3) is 0.231. The zero-order valence-electron chi connectivity index (χ0n) is 12.0. The third kappa shape index (κ3) is 4.78. The highest BCUT2D eigenvalue weighted by atomic mass is 16.6. The van der Waals surface area contributed by atoms with E-state index < -0.39 is 10.9 Å². The molecule has 0 bridgehead atoms. The van der Waals surface area contributed by atoms with Gasteiger partial charge in [-0.1, -0.05) is 5.16 Å². The predicted octanol–water partition coefficient (Wildman–Crippen LogP) is 1.78. The number of carbonyl (C=O) groups is 1. The van der Waals surface area contributed by atoms with Gasteiger partial charge in [0.25, 0.3) is 5.69 Å².